The first-order chi connectivity index (χ1) is 16.5. The number of nitrogens with zero attached hydrogens (tertiary/aromatic N) is 5. The van der Waals surface area contributed by atoms with E-state index in [1.807, 2.05) is 18.3 Å². The van der Waals surface area contributed by atoms with Gasteiger partial charge in [0.05, 0.1) is 0 Å². The van der Waals surface area contributed by atoms with Crippen LogP contribution in [0.25, 0.3) is 6.08 Å². The van der Waals surface area contributed by atoms with Crippen molar-refractivity contribution in [3.8, 4) is 5.75 Å². The van der Waals surface area contributed by atoms with E-state index >= 15 is 0 Å². The predicted molar refractivity (Wildman–Crippen MR) is 136 cm³/mol. The molecule has 2 aromatic rings. The van der Waals surface area contributed by atoms with E-state index in [2.05, 4.69) is 28.5 Å². The number of rotatable bonds is 10. The molecule has 1 aromatic carbocycles. The Morgan fingerprint density at radius 1 is 1.18 bits per heavy atom. The molecule has 2 heterocycles. The van der Waals surface area contributed by atoms with Crippen molar-refractivity contribution in [2.75, 3.05) is 50.7 Å². The third-order valence-corrected chi connectivity index (χ3v) is 7.15. The Kier molecular flexibility index (Phi) is 8.51. The molecule has 7 heteroatoms. The molecule has 1 saturated carbocycles. The van der Waals surface area contributed by atoms with E-state index in [4.69, 9.17) is 9.97 Å². The Bertz CT molecular complexity index is 969. The number of aromatic hydroxyl groups is 1. The van der Waals surface area contributed by atoms with E-state index in [1.165, 1.54) is 30.9 Å². The van der Waals surface area contributed by atoms with Crippen LogP contribution < -0.4 is 4.90 Å². The number of anilines is 1. The van der Waals surface area contributed by atoms with E-state index in [0.717, 1.165) is 82.4 Å². The Balaban J connectivity index is 1.29. The van der Waals surface area contributed by atoms with E-state index in [9.17, 15) is 9.50 Å². The largest absolute Gasteiger partial charge is 0.507 e. The molecule has 1 N–H and O–H groups in total. The van der Waals surface area contributed by atoms with Crippen molar-refractivity contribution in [2.45, 2.75) is 52.0 Å². The number of piperazine rings is 1. The second-order valence-corrected chi connectivity index (χ2v) is 9.54. The first-order valence-corrected chi connectivity index (χ1v) is 12.7. The fourth-order valence-corrected chi connectivity index (χ4v) is 4.79. The minimum absolute atomic E-state index is 0.0318. The summed E-state index contributed by atoms with van der Waals surface area (Å²) in [5.74, 6) is 0.402. The molecular formula is C27H38FN5O. The zero-order valence-electron chi connectivity index (χ0n) is 20.6. The smallest absolute Gasteiger partial charge is 0.225 e. The number of halogens is 1. The number of aryl methyl sites for hydroxylation is 1. The molecule has 34 heavy (non-hydrogen) atoms. The lowest BCUT2D eigenvalue weighted by Crippen LogP contribution is -2.52. The fourth-order valence-electron chi connectivity index (χ4n) is 4.79. The molecule has 2 aliphatic rings. The molecule has 0 bridgehead atoms. The number of aromatic nitrogens is 2. The third-order valence-electron chi connectivity index (χ3n) is 7.15. The molecule has 0 spiro atoms. The summed E-state index contributed by atoms with van der Waals surface area (Å²) in [7, 11) is 0. The van der Waals surface area contributed by atoms with Crippen LogP contribution >= 0.6 is 0 Å². The Labute approximate surface area is 203 Å². The number of hydrogen-bond acceptors (Lipinski definition) is 6. The van der Waals surface area contributed by atoms with Gasteiger partial charge in [0.2, 0.25) is 5.95 Å². The Hall–Kier alpha value is -2.51. The zero-order chi connectivity index (χ0) is 23.9. The van der Waals surface area contributed by atoms with Crippen molar-refractivity contribution in [1.29, 1.82) is 0 Å². The average molecular weight is 468 g/mol. The van der Waals surface area contributed by atoms with Crippen molar-refractivity contribution in [2.24, 2.45) is 0 Å². The van der Waals surface area contributed by atoms with Gasteiger partial charge in [0, 0.05) is 68.8 Å². The molecule has 4 rings (SSSR count). The molecule has 184 valence electrons. The van der Waals surface area contributed by atoms with Gasteiger partial charge in [0.15, 0.2) is 0 Å². The van der Waals surface area contributed by atoms with Crippen molar-refractivity contribution >= 4 is 12.0 Å². The van der Waals surface area contributed by atoms with Gasteiger partial charge in [-0.25, -0.2) is 14.4 Å². The third kappa shape index (κ3) is 6.33. The van der Waals surface area contributed by atoms with E-state index in [0.29, 0.717) is 5.56 Å². The van der Waals surface area contributed by atoms with Crippen LogP contribution in [-0.4, -0.2) is 76.7 Å². The number of phenols is 1. The molecule has 1 aromatic heterocycles. The molecule has 0 amide bonds. The lowest BCUT2D eigenvalue weighted by atomic mass is 9.91. The number of hydrogen-bond donors (Lipinski definition) is 1. The highest BCUT2D eigenvalue weighted by Gasteiger charge is 2.28. The zero-order valence-corrected chi connectivity index (χ0v) is 20.6. The maximum atomic E-state index is 13.2. The van der Waals surface area contributed by atoms with Crippen LogP contribution in [0, 0.1) is 12.7 Å². The first kappa shape index (κ1) is 24.6. The van der Waals surface area contributed by atoms with Crippen LogP contribution in [-0.2, 0) is 6.42 Å². The standard InChI is InChI=1S/C27H38FN5O/c1-3-12-31(13-5-6-22-9-10-24(28)19-26(22)34)14-11-23-20-29-27(30-21(23)2)33-17-15-32(16-18-33)25-7-4-8-25/h5-6,9-10,19-20,25,34H,3-4,7-8,11-18H2,1-2H3/b6-5+. The van der Waals surface area contributed by atoms with Crippen molar-refractivity contribution < 1.29 is 9.50 Å². The number of phenolic OH excluding ortho intramolecular Hbond substituents is 1. The summed E-state index contributed by atoms with van der Waals surface area (Å²) in [6.07, 6.45) is 12.0. The van der Waals surface area contributed by atoms with Gasteiger partial charge in [-0.2, -0.15) is 0 Å². The summed E-state index contributed by atoms with van der Waals surface area (Å²) in [4.78, 5) is 16.9. The van der Waals surface area contributed by atoms with Gasteiger partial charge in [-0.15, -0.1) is 0 Å². The minimum atomic E-state index is -0.429. The van der Waals surface area contributed by atoms with E-state index < -0.39 is 5.82 Å². The van der Waals surface area contributed by atoms with Crippen LogP contribution in [0.1, 0.15) is 49.4 Å². The van der Waals surface area contributed by atoms with Crippen LogP contribution in [0.2, 0.25) is 0 Å². The summed E-state index contributed by atoms with van der Waals surface area (Å²) in [5.41, 5.74) is 2.89. The highest BCUT2D eigenvalue weighted by atomic mass is 19.1. The SMILES string of the molecule is CCCN(C/C=C/c1ccc(F)cc1O)CCc1cnc(N2CCN(C3CCC3)CC2)nc1C. The molecule has 0 unspecified atom stereocenters. The van der Waals surface area contributed by atoms with Crippen LogP contribution in [0.5, 0.6) is 5.75 Å². The van der Waals surface area contributed by atoms with Gasteiger partial charge in [-0.1, -0.05) is 25.5 Å². The van der Waals surface area contributed by atoms with Crippen LogP contribution in [0.4, 0.5) is 10.3 Å². The summed E-state index contributed by atoms with van der Waals surface area (Å²) >= 11 is 0. The molecule has 1 saturated heterocycles. The van der Waals surface area contributed by atoms with Gasteiger partial charge >= 0.3 is 0 Å². The van der Waals surface area contributed by atoms with Crippen molar-refractivity contribution in [1.82, 2.24) is 19.8 Å². The number of benzene rings is 1. The maximum Gasteiger partial charge on any atom is 0.225 e. The van der Waals surface area contributed by atoms with Gasteiger partial charge < -0.3 is 10.0 Å². The monoisotopic (exact) mass is 467 g/mol. The van der Waals surface area contributed by atoms with Gasteiger partial charge in [0.25, 0.3) is 0 Å². The normalized spacial score (nSPS) is 17.6. The second kappa shape index (κ2) is 11.8. The summed E-state index contributed by atoms with van der Waals surface area (Å²) in [6, 6.07) is 4.92. The van der Waals surface area contributed by atoms with Gasteiger partial charge in [-0.05, 0) is 56.8 Å². The molecule has 0 atom stereocenters. The predicted octanol–water partition coefficient (Wildman–Crippen LogP) is 4.27. The lowest BCUT2D eigenvalue weighted by molar-refractivity contribution is 0.120. The minimum Gasteiger partial charge on any atom is -0.507 e. The lowest BCUT2D eigenvalue weighted by Gasteiger charge is -2.42. The summed E-state index contributed by atoms with van der Waals surface area (Å²) in [5, 5.41) is 9.89. The second-order valence-electron chi connectivity index (χ2n) is 9.54. The van der Waals surface area contributed by atoms with Crippen molar-refractivity contribution in [3.63, 3.8) is 0 Å². The van der Waals surface area contributed by atoms with Crippen molar-refractivity contribution in [3.05, 3.63) is 53.1 Å². The quantitative estimate of drug-likeness (QED) is 0.563. The molecule has 0 radical (unpaired) electrons. The molecule has 1 aliphatic carbocycles. The maximum absolute atomic E-state index is 13.2. The molecule has 6 nitrogen and oxygen atoms in total. The average Bonchev–Trinajstić information content (AvgIpc) is 2.79. The molecule has 1 aliphatic heterocycles. The summed E-state index contributed by atoms with van der Waals surface area (Å²) in [6.45, 7) is 11.2. The Morgan fingerprint density at radius 3 is 2.62 bits per heavy atom. The summed E-state index contributed by atoms with van der Waals surface area (Å²) < 4.78 is 13.2. The highest BCUT2D eigenvalue weighted by molar-refractivity contribution is 5.56. The van der Waals surface area contributed by atoms with Crippen LogP contribution in [0.3, 0.4) is 0 Å². The molecular weight excluding hydrogens is 429 g/mol. The molecule has 2 fully saturated rings. The van der Waals surface area contributed by atoms with Gasteiger partial charge in [0.1, 0.15) is 11.6 Å². The van der Waals surface area contributed by atoms with E-state index in [1.54, 1.807) is 6.07 Å². The highest BCUT2D eigenvalue weighted by Crippen LogP contribution is 2.26. The van der Waals surface area contributed by atoms with Crippen LogP contribution in [0.15, 0.2) is 30.5 Å². The van der Waals surface area contributed by atoms with E-state index in [-0.39, 0.29) is 5.75 Å². The fraction of sp³-hybridized carbons (Fsp3) is 0.556. The first-order valence-electron chi connectivity index (χ1n) is 12.7. The van der Waals surface area contributed by atoms with Gasteiger partial charge in [-0.3, -0.25) is 9.80 Å². The topological polar surface area (TPSA) is 55.7 Å². The Morgan fingerprint density at radius 2 is 1.97 bits per heavy atom.